The number of amides is 2. The lowest BCUT2D eigenvalue weighted by atomic mass is 10.1. The molecule has 2 amide bonds. The van der Waals surface area contributed by atoms with Gasteiger partial charge in [0.05, 0.1) is 18.2 Å². The molecule has 0 saturated carbocycles. The quantitative estimate of drug-likeness (QED) is 0.293. The second-order valence-corrected chi connectivity index (χ2v) is 9.27. The summed E-state index contributed by atoms with van der Waals surface area (Å²) in [6.45, 7) is 6.54. The summed E-state index contributed by atoms with van der Waals surface area (Å²) in [5.41, 5.74) is 0.898. The Morgan fingerprint density at radius 3 is 2.85 bits per heavy atom. The molecule has 1 atom stereocenters. The zero-order chi connectivity index (χ0) is 24.5. The molecule has 0 bridgehead atoms. The average molecular weight is 502 g/mol. The smallest absolute Gasteiger partial charge is 0.233 e. The maximum atomic E-state index is 12.9. The second kappa shape index (κ2) is 12.5. The standard InChI is InChI=1S/C23H28ClN7O2S/c1-3-21(32)31-11-10-29(14-17(31)2)20-12-19(24)27-23(28-20)34-16-22(33)30(9-5-7-25)15-18-6-4-8-26-13-18/h4,6,8,12-13,17H,3,5,9-11,14-16H2,1-2H3. The number of piperazine rings is 1. The van der Waals surface area contributed by atoms with Crippen LogP contribution in [0.2, 0.25) is 5.15 Å². The summed E-state index contributed by atoms with van der Waals surface area (Å²) in [5.74, 6) is 0.840. The Morgan fingerprint density at radius 1 is 1.35 bits per heavy atom. The molecular formula is C23H28ClN7O2S. The van der Waals surface area contributed by atoms with Crippen molar-refractivity contribution in [2.75, 3.05) is 36.8 Å². The number of hydrogen-bond donors (Lipinski definition) is 0. The molecule has 0 aliphatic carbocycles. The van der Waals surface area contributed by atoms with Crippen LogP contribution in [0.25, 0.3) is 0 Å². The van der Waals surface area contributed by atoms with Crippen LogP contribution in [0.1, 0.15) is 32.3 Å². The molecule has 0 spiro atoms. The van der Waals surface area contributed by atoms with E-state index in [0.29, 0.717) is 55.3 Å². The number of carbonyl (C=O) groups excluding carboxylic acids is 2. The number of rotatable bonds is 9. The third-order valence-electron chi connectivity index (χ3n) is 5.50. The fraction of sp³-hybridized carbons (Fsp3) is 0.478. The zero-order valence-electron chi connectivity index (χ0n) is 19.4. The number of nitrogens with zero attached hydrogens (tertiary/aromatic N) is 7. The summed E-state index contributed by atoms with van der Waals surface area (Å²) in [7, 11) is 0. The lowest BCUT2D eigenvalue weighted by molar-refractivity contribution is -0.133. The zero-order valence-corrected chi connectivity index (χ0v) is 20.9. The first-order valence-corrected chi connectivity index (χ1v) is 12.5. The molecule has 3 heterocycles. The maximum Gasteiger partial charge on any atom is 0.233 e. The molecule has 9 nitrogen and oxygen atoms in total. The van der Waals surface area contributed by atoms with Gasteiger partial charge in [0.2, 0.25) is 11.8 Å². The predicted octanol–water partition coefficient (Wildman–Crippen LogP) is 3.01. The highest BCUT2D eigenvalue weighted by molar-refractivity contribution is 7.99. The van der Waals surface area contributed by atoms with Gasteiger partial charge in [-0.25, -0.2) is 9.97 Å². The minimum Gasteiger partial charge on any atom is -0.353 e. The maximum absolute atomic E-state index is 12.9. The highest BCUT2D eigenvalue weighted by atomic mass is 35.5. The Labute approximate surface area is 209 Å². The van der Waals surface area contributed by atoms with E-state index in [0.717, 1.165) is 5.56 Å². The van der Waals surface area contributed by atoms with Crippen molar-refractivity contribution in [1.29, 1.82) is 5.26 Å². The molecule has 180 valence electrons. The van der Waals surface area contributed by atoms with Crippen molar-refractivity contribution < 1.29 is 9.59 Å². The molecule has 1 aliphatic heterocycles. The molecule has 2 aromatic heterocycles. The van der Waals surface area contributed by atoms with E-state index in [1.165, 1.54) is 11.8 Å². The number of nitriles is 1. The summed E-state index contributed by atoms with van der Waals surface area (Å²) in [4.78, 5) is 43.6. The lowest BCUT2D eigenvalue weighted by Gasteiger charge is -2.40. The van der Waals surface area contributed by atoms with Crippen LogP contribution in [-0.2, 0) is 16.1 Å². The van der Waals surface area contributed by atoms with Gasteiger partial charge in [0, 0.05) is 63.6 Å². The van der Waals surface area contributed by atoms with Crippen LogP contribution < -0.4 is 4.90 Å². The summed E-state index contributed by atoms with van der Waals surface area (Å²) in [5, 5.41) is 9.69. The summed E-state index contributed by atoms with van der Waals surface area (Å²) >= 11 is 7.48. The van der Waals surface area contributed by atoms with Gasteiger partial charge < -0.3 is 14.7 Å². The second-order valence-electron chi connectivity index (χ2n) is 7.94. The highest BCUT2D eigenvalue weighted by Gasteiger charge is 2.27. The normalized spacial score (nSPS) is 15.6. The van der Waals surface area contributed by atoms with Crippen LogP contribution in [0.15, 0.2) is 35.7 Å². The molecule has 3 rings (SSSR count). The first kappa shape index (κ1) is 25.7. The number of anilines is 1. The van der Waals surface area contributed by atoms with Crippen molar-refractivity contribution in [2.45, 2.75) is 44.4 Å². The van der Waals surface area contributed by atoms with Gasteiger partial charge in [-0.2, -0.15) is 5.26 Å². The van der Waals surface area contributed by atoms with E-state index in [2.05, 4.69) is 25.9 Å². The van der Waals surface area contributed by atoms with Gasteiger partial charge >= 0.3 is 0 Å². The molecule has 1 unspecified atom stereocenters. The molecular weight excluding hydrogens is 474 g/mol. The van der Waals surface area contributed by atoms with Gasteiger partial charge in [-0.15, -0.1) is 0 Å². The molecule has 34 heavy (non-hydrogen) atoms. The van der Waals surface area contributed by atoms with E-state index in [1.54, 1.807) is 23.4 Å². The van der Waals surface area contributed by atoms with Gasteiger partial charge in [0.1, 0.15) is 11.0 Å². The molecule has 1 aliphatic rings. The number of hydrogen-bond acceptors (Lipinski definition) is 8. The molecule has 0 N–H and O–H groups in total. The van der Waals surface area contributed by atoms with Gasteiger partial charge in [-0.3, -0.25) is 14.6 Å². The minimum absolute atomic E-state index is 0.0637. The van der Waals surface area contributed by atoms with Crippen LogP contribution in [0, 0.1) is 11.3 Å². The van der Waals surface area contributed by atoms with E-state index in [9.17, 15) is 9.59 Å². The first-order chi connectivity index (χ1) is 16.4. The molecule has 11 heteroatoms. The Balaban J connectivity index is 1.64. The molecule has 0 aromatic carbocycles. The highest BCUT2D eigenvalue weighted by Crippen LogP contribution is 2.24. The summed E-state index contributed by atoms with van der Waals surface area (Å²) in [6.07, 6.45) is 4.13. The summed E-state index contributed by atoms with van der Waals surface area (Å²) in [6, 6.07) is 7.58. The van der Waals surface area contributed by atoms with E-state index >= 15 is 0 Å². The largest absolute Gasteiger partial charge is 0.353 e. The monoisotopic (exact) mass is 501 g/mol. The molecule has 2 aromatic rings. The summed E-state index contributed by atoms with van der Waals surface area (Å²) < 4.78 is 0. The van der Waals surface area contributed by atoms with Gasteiger partial charge in [0.15, 0.2) is 5.16 Å². The van der Waals surface area contributed by atoms with Crippen LogP contribution >= 0.6 is 23.4 Å². The van der Waals surface area contributed by atoms with Crippen molar-refractivity contribution in [3.05, 3.63) is 41.3 Å². The SMILES string of the molecule is CCC(=O)N1CCN(c2cc(Cl)nc(SCC(=O)N(CCC#N)Cc3cccnc3)n2)CC1C. The molecule has 0 radical (unpaired) electrons. The number of thioether (sulfide) groups is 1. The van der Waals surface area contributed by atoms with Crippen molar-refractivity contribution in [1.82, 2.24) is 24.8 Å². The third kappa shape index (κ3) is 7.05. The fourth-order valence-electron chi connectivity index (χ4n) is 3.76. The van der Waals surface area contributed by atoms with E-state index in [-0.39, 0.29) is 30.0 Å². The Hall–Kier alpha value is -2.90. The Morgan fingerprint density at radius 2 is 2.18 bits per heavy atom. The lowest BCUT2D eigenvalue weighted by Crippen LogP contribution is -2.54. The topological polar surface area (TPSA) is 106 Å². The van der Waals surface area contributed by atoms with Gasteiger partial charge in [-0.05, 0) is 18.6 Å². The average Bonchev–Trinajstić information content (AvgIpc) is 2.84. The number of halogens is 1. The van der Waals surface area contributed by atoms with E-state index in [1.807, 2.05) is 30.9 Å². The van der Waals surface area contributed by atoms with Crippen LogP contribution in [0.4, 0.5) is 5.82 Å². The Bertz CT molecular complexity index is 1030. The van der Waals surface area contributed by atoms with Gasteiger partial charge in [-0.1, -0.05) is 36.4 Å². The molecule has 1 saturated heterocycles. The number of aromatic nitrogens is 3. The fourth-order valence-corrected chi connectivity index (χ4v) is 4.74. The third-order valence-corrected chi connectivity index (χ3v) is 6.53. The van der Waals surface area contributed by atoms with Crippen molar-refractivity contribution >= 4 is 41.0 Å². The Kier molecular flexibility index (Phi) is 9.48. The number of pyridine rings is 1. The predicted molar refractivity (Wildman–Crippen MR) is 131 cm³/mol. The molecule has 1 fully saturated rings. The minimum atomic E-state index is -0.116. The van der Waals surface area contributed by atoms with Gasteiger partial charge in [0.25, 0.3) is 0 Å². The van der Waals surface area contributed by atoms with Crippen molar-refractivity contribution in [3.63, 3.8) is 0 Å². The first-order valence-electron chi connectivity index (χ1n) is 11.2. The number of carbonyl (C=O) groups is 2. The van der Waals surface area contributed by atoms with Crippen LogP contribution in [-0.4, -0.2) is 74.5 Å². The van der Waals surface area contributed by atoms with E-state index in [4.69, 9.17) is 16.9 Å². The van der Waals surface area contributed by atoms with Crippen molar-refractivity contribution in [3.8, 4) is 6.07 Å². The van der Waals surface area contributed by atoms with Crippen LogP contribution in [0.3, 0.4) is 0 Å². The van der Waals surface area contributed by atoms with Crippen LogP contribution in [0.5, 0.6) is 0 Å². The van der Waals surface area contributed by atoms with E-state index < -0.39 is 0 Å². The van der Waals surface area contributed by atoms with Crippen molar-refractivity contribution in [2.24, 2.45) is 0 Å².